The van der Waals surface area contributed by atoms with E-state index in [-0.39, 0.29) is 12.1 Å². The van der Waals surface area contributed by atoms with Crippen LogP contribution in [0, 0.1) is 11.8 Å². The van der Waals surface area contributed by atoms with E-state index in [1.165, 1.54) is 5.01 Å². The van der Waals surface area contributed by atoms with Gasteiger partial charge in [0.25, 0.3) is 0 Å². The van der Waals surface area contributed by atoms with E-state index >= 15 is 0 Å². The Morgan fingerprint density at radius 2 is 1.97 bits per heavy atom. The Bertz CT molecular complexity index is 1330. The summed E-state index contributed by atoms with van der Waals surface area (Å²) in [5.74, 6) is 6.22. The third kappa shape index (κ3) is 3.87. The quantitative estimate of drug-likeness (QED) is 0.510. The number of hydrogen-bond acceptors (Lipinski definition) is 4. The standard InChI is InChI=1S/C24H18N6O/c31-24(30-22(12-14-26-30)19-7-2-1-3-8-19)28-21-9-4-6-18(16-21)10-11-20-17-27-29-15-5-13-25-23(20)29/h1-9,13-17,22H,12H2,(H,28,31). The number of carbonyl (C=O) groups excluding carboxylic acids is 1. The van der Waals surface area contributed by atoms with Gasteiger partial charge < -0.3 is 5.32 Å². The van der Waals surface area contributed by atoms with Crippen molar-refractivity contribution in [3.63, 3.8) is 0 Å². The van der Waals surface area contributed by atoms with Gasteiger partial charge in [-0.3, -0.25) is 0 Å². The lowest BCUT2D eigenvalue weighted by atomic mass is 10.1. The van der Waals surface area contributed by atoms with E-state index in [4.69, 9.17) is 0 Å². The monoisotopic (exact) mass is 406 g/mol. The second-order valence-corrected chi connectivity index (χ2v) is 7.01. The van der Waals surface area contributed by atoms with Crippen LogP contribution in [0.3, 0.4) is 0 Å². The molecule has 4 aromatic rings. The molecular formula is C24H18N6O. The maximum absolute atomic E-state index is 12.8. The van der Waals surface area contributed by atoms with E-state index in [0.717, 1.165) is 16.7 Å². The lowest BCUT2D eigenvalue weighted by molar-refractivity contribution is 0.200. The minimum Gasteiger partial charge on any atom is -0.306 e. The molecule has 1 aliphatic rings. The molecular weight excluding hydrogens is 388 g/mol. The topological polar surface area (TPSA) is 74.9 Å². The molecule has 7 nitrogen and oxygen atoms in total. The molecule has 1 N–H and O–H groups in total. The molecule has 7 heteroatoms. The highest BCUT2D eigenvalue weighted by Gasteiger charge is 2.28. The highest BCUT2D eigenvalue weighted by atomic mass is 16.2. The number of aromatic nitrogens is 3. The SMILES string of the molecule is O=C(Nc1cccc(C#Cc2cnn3cccnc23)c1)N1N=CCC1c1ccccc1. The number of urea groups is 1. The van der Waals surface area contributed by atoms with Crippen LogP contribution in [0.25, 0.3) is 5.65 Å². The van der Waals surface area contributed by atoms with Crippen molar-refractivity contribution >= 4 is 23.6 Å². The molecule has 0 saturated carbocycles. The van der Waals surface area contributed by atoms with Crippen LogP contribution in [0.15, 0.2) is 84.4 Å². The van der Waals surface area contributed by atoms with Crippen LogP contribution in [0.1, 0.15) is 29.2 Å². The Labute approximate surface area is 179 Å². The van der Waals surface area contributed by atoms with E-state index in [2.05, 4.69) is 32.3 Å². The first-order valence-corrected chi connectivity index (χ1v) is 9.86. The number of rotatable bonds is 2. The Morgan fingerprint density at radius 1 is 1.06 bits per heavy atom. The third-order valence-corrected chi connectivity index (χ3v) is 4.96. The molecule has 5 rings (SSSR count). The van der Waals surface area contributed by atoms with Crippen LogP contribution in [0.5, 0.6) is 0 Å². The van der Waals surface area contributed by atoms with Gasteiger partial charge in [-0.2, -0.15) is 10.2 Å². The first-order valence-electron chi connectivity index (χ1n) is 9.86. The summed E-state index contributed by atoms with van der Waals surface area (Å²) in [7, 11) is 0. The van der Waals surface area contributed by atoms with Crippen LogP contribution in [0.2, 0.25) is 0 Å². The smallest absolute Gasteiger partial charge is 0.306 e. The van der Waals surface area contributed by atoms with Crippen molar-refractivity contribution in [2.24, 2.45) is 5.10 Å². The summed E-state index contributed by atoms with van der Waals surface area (Å²) in [5.41, 5.74) is 3.93. The van der Waals surface area contributed by atoms with E-state index < -0.39 is 0 Å². The summed E-state index contributed by atoms with van der Waals surface area (Å²) in [6, 6.07) is 18.7. The molecule has 1 unspecified atom stereocenters. The number of nitrogens with zero attached hydrogens (tertiary/aromatic N) is 5. The van der Waals surface area contributed by atoms with Gasteiger partial charge in [0.05, 0.1) is 17.8 Å². The zero-order valence-corrected chi connectivity index (χ0v) is 16.5. The van der Waals surface area contributed by atoms with Crippen molar-refractivity contribution in [3.05, 3.63) is 95.9 Å². The van der Waals surface area contributed by atoms with Crippen LogP contribution in [0.4, 0.5) is 10.5 Å². The molecule has 3 heterocycles. The van der Waals surface area contributed by atoms with Gasteiger partial charge in [-0.1, -0.05) is 48.2 Å². The number of nitrogens with one attached hydrogen (secondary N) is 1. The van der Waals surface area contributed by atoms with E-state index in [0.29, 0.717) is 17.8 Å². The fourth-order valence-electron chi connectivity index (χ4n) is 3.47. The minimum atomic E-state index is -0.278. The predicted octanol–water partition coefficient (Wildman–Crippen LogP) is 4.09. The van der Waals surface area contributed by atoms with Gasteiger partial charge in [0, 0.05) is 36.3 Å². The number of amides is 2. The second-order valence-electron chi connectivity index (χ2n) is 7.01. The van der Waals surface area contributed by atoms with Crippen molar-refractivity contribution in [2.45, 2.75) is 12.5 Å². The molecule has 1 atom stereocenters. The van der Waals surface area contributed by atoms with Crippen LogP contribution < -0.4 is 5.32 Å². The zero-order valence-electron chi connectivity index (χ0n) is 16.5. The number of hydrazone groups is 1. The molecule has 0 saturated heterocycles. The summed E-state index contributed by atoms with van der Waals surface area (Å²) in [6.45, 7) is 0. The number of benzene rings is 2. The molecule has 0 fully saturated rings. The molecule has 1 aliphatic heterocycles. The van der Waals surface area contributed by atoms with Crippen molar-refractivity contribution in [3.8, 4) is 11.8 Å². The highest BCUT2D eigenvalue weighted by Crippen LogP contribution is 2.28. The first kappa shape index (κ1) is 18.6. The Morgan fingerprint density at radius 3 is 2.87 bits per heavy atom. The molecule has 0 spiro atoms. The van der Waals surface area contributed by atoms with E-state index in [1.807, 2.05) is 66.9 Å². The van der Waals surface area contributed by atoms with Crippen molar-refractivity contribution in [1.29, 1.82) is 0 Å². The molecule has 2 aromatic heterocycles. The van der Waals surface area contributed by atoms with Crippen molar-refractivity contribution in [2.75, 3.05) is 5.32 Å². The maximum atomic E-state index is 12.8. The Balaban J connectivity index is 1.33. The van der Waals surface area contributed by atoms with Gasteiger partial charge in [0.1, 0.15) is 0 Å². The highest BCUT2D eigenvalue weighted by molar-refractivity contribution is 5.91. The summed E-state index contributed by atoms with van der Waals surface area (Å²) < 4.78 is 1.68. The fraction of sp³-hybridized carbons (Fsp3) is 0.0833. The van der Waals surface area contributed by atoms with Crippen LogP contribution in [-0.2, 0) is 0 Å². The molecule has 150 valence electrons. The summed E-state index contributed by atoms with van der Waals surface area (Å²) in [4.78, 5) is 17.2. The van der Waals surface area contributed by atoms with Crippen LogP contribution >= 0.6 is 0 Å². The van der Waals surface area contributed by atoms with E-state index in [1.54, 1.807) is 23.1 Å². The summed E-state index contributed by atoms with van der Waals surface area (Å²) >= 11 is 0. The van der Waals surface area contributed by atoms with Gasteiger partial charge in [-0.05, 0) is 29.8 Å². The number of hydrogen-bond donors (Lipinski definition) is 1. The molecule has 0 bridgehead atoms. The average molecular weight is 406 g/mol. The molecule has 0 aliphatic carbocycles. The molecule has 0 radical (unpaired) electrons. The van der Waals surface area contributed by atoms with Crippen molar-refractivity contribution < 1.29 is 4.79 Å². The maximum Gasteiger partial charge on any atom is 0.342 e. The van der Waals surface area contributed by atoms with Gasteiger partial charge >= 0.3 is 6.03 Å². The minimum absolute atomic E-state index is 0.104. The van der Waals surface area contributed by atoms with Crippen molar-refractivity contribution in [1.82, 2.24) is 19.6 Å². The van der Waals surface area contributed by atoms with Gasteiger partial charge in [-0.15, -0.1) is 0 Å². The molecule has 2 amide bonds. The third-order valence-electron chi connectivity index (χ3n) is 4.96. The fourth-order valence-corrected chi connectivity index (χ4v) is 3.47. The largest absolute Gasteiger partial charge is 0.342 e. The molecule has 31 heavy (non-hydrogen) atoms. The second kappa shape index (κ2) is 8.13. The van der Waals surface area contributed by atoms with Gasteiger partial charge in [-0.25, -0.2) is 19.3 Å². The average Bonchev–Trinajstić information content (AvgIpc) is 3.46. The van der Waals surface area contributed by atoms with Crippen LogP contribution in [-0.4, -0.2) is 31.9 Å². The normalized spacial score (nSPS) is 15.0. The van der Waals surface area contributed by atoms with Gasteiger partial charge in [0.15, 0.2) is 5.65 Å². The lowest BCUT2D eigenvalue weighted by Crippen LogP contribution is -2.31. The lowest BCUT2D eigenvalue weighted by Gasteiger charge is -2.22. The number of carbonyl (C=O) groups is 1. The Kier molecular flexibility index (Phi) is 4.87. The predicted molar refractivity (Wildman–Crippen MR) is 119 cm³/mol. The number of anilines is 1. The number of fused-ring (bicyclic) bond motifs is 1. The van der Waals surface area contributed by atoms with Gasteiger partial charge in [0.2, 0.25) is 0 Å². The first-order chi connectivity index (χ1) is 15.3. The molecule has 2 aromatic carbocycles. The Hall–Kier alpha value is -4.44. The summed E-state index contributed by atoms with van der Waals surface area (Å²) in [5, 5.41) is 12.9. The summed E-state index contributed by atoms with van der Waals surface area (Å²) in [6.07, 6.45) is 7.69. The zero-order chi connectivity index (χ0) is 21.0. The van der Waals surface area contributed by atoms with E-state index in [9.17, 15) is 4.79 Å².